The van der Waals surface area contributed by atoms with Crippen molar-refractivity contribution in [3.8, 4) is 0 Å². The first-order valence-corrected chi connectivity index (χ1v) is 24.6. The third-order valence-corrected chi connectivity index (χ3v) is 11.7. The van der Waals surface area contributed by atoms with Crippen LogP contribution in [0.15, 0.2) is 36.5 Å². The first kappa shape index (κ1) is 57.3. The van der Waals surface area contributed by atoms with Crippen molar-refractivity contribution in [2.75, 3.05) is 33.0 Å². The summed E-state index contributed by atoms with van der Waals surface area (Å²) in [6, 6.07) is 0. The van der Waals surface area contributed by atoms with E-state index in [0.717, 1.165) is 64.2 Å². The number of rotatable bonds is 38. The number of ether oxygens (including phenoxy) is 6. The first-order chi connectivity index (χ1) is 30.6. The molecule has 11 unspecified atom stereocenters. The lowest BCUT2D eigenvalue weighted by molar-refractivity contribution is -0.332. The molecule has 2 saturated heterocycles. The highest BCUT2D eigenvalue weighted by atomic mass is 16.7. The van der Waals surface area contributed by atoms with E-state index in [9.17, 15) is 40.5 Å². The Morgan fingerprint density at radius 1 is 0.540 bits per heavy atom. The number of aliphatic hydroxyl groups excluding tert-OH is 7. The molecule has 2 aliphatic heterocycles. The molecule has 2 heterocycles. The largest absolute Gasteiger partial charge is 0.457 e. The van der Waals surface area contributed by atoms with Gasteiger partial charge >= 0.3 is 5.97 Å². The average molecular weight is 901 g/mol. The van der Waals surface area contributed by atoms with E-state index < -0.39 is 80.7 Å². The normalized spacial score (nSPS) is 27.3. The van der Waals surface area contributed by atoms with Gasteiger partial charge in [0.25, 0.3) is 0 Å². The maximum Gasteiger partial charge on any atom is 0.306 e. The Labute approximate surface area is 379 Å². The lowest BCUT2D eigenvalue weighted by atomic mass is 9.98. The molecule has 0 saturated carbocycles. The molecule has 7 N–H and O–H groups in total. The second-order valence-corrected chi connectivity index (χ2v) is 17.3. The Hall–Kier alpha value is -1.79. The zero-order valence-corrected chi connectivity index (χ0v) is 38.8. The van der Waals surface area contributed by atoms with Crippen molar-refractivity contribution in [1.82, 2.24) is 0 Å². The molecule has 0 aromatic heterocycles. The predicted molar refractivity (Wildman–Crippen MR) is 243 cm³/mol. The van der Waals surface area contributed by atoms with Crippen molar-refractivity contribution in [3.63, 3.8) is 0 Å². The summed E-state index contributed by atoms with van der Waals surface area (Å²) in [7, 11) is 0. The zero-order chi connectivity index (χ0) is 45.9. The molecule has 2 rings (SSSR count). The fourth-order valence-electron chi connectivity index (χ4n) is 7.65. The van der Waals surface area contributed by atoms with Crippen LogP contribution in [0.1, 0.15) is 168 Å². The topological polar surface area (TPSA) is 214 Å². The van der Waals surface area contributed by atoms with Crippen LogP contribution < -0.4 is 0 Å². The second kappa shape index (κ2) is 37.3. The second-order valence-electron chi connectivity index (χ2n) is 17.3. The van der Waals surface area contributed by atoms with E-state index in [1.54, 1.807) is 0 Å². The molecule has 0 radical (unpaired) electrons. The maximum atomic E-state index is 13.0. The van der Waals surface area contributed by atoms with Crippen molar-refractivity contribution in [2.45, 2.75) is 235 Å². The van der Waals surface area contributed by atoms with Gasteiger partial charge in [-0.25, -0.2) is 0 Å². The quantitative estimate of drug-likeness (QED) is 0.0197. The fourth-order valence-corrected chi connectivity index (χ4v) is 7.65. The van der Waals surface area contributed by atoms with E-state index in [1.807, 2.05) is 0 Å². The van der Waals surface area contributed by atoms with E-state index in [0.29, 0.717) is 13.0 Å². The minimum absolute atomic E-state index is 0.0595. The molecule has 2 fully saturated rings. The minimum atomic E-state index is -1.71. The number of unbranched alkanes of at least 4 members (excludes halogenated alkanes) is 18. The third kappa shape index (κ3) is 25.6. The first-order valence-electron chi connectivity index (χ1n) is 24.6. The van der Waals surface area contributed by atoms with Gasteiger partial charge in [0.2, 0.25) is 0 Å². The van der Waals surface area contributed by atoms with Crippen LogP contribution in [-0.4, -0.2) is 142 Å². The zero-order valence-electron chi connectivity index (χ0n) is 38.8. The van der Waals surface area contributed by atoms with Crippen LogP contribution in [0.5, 0.6) is 0 Å². The third-order valence-electron chi connectivity index (χ3n) is 11.7. The molecule has 63 heavy (non-hydrogen) atoms. The number of carbonyl (C=O) groups is 1. The van der Waals surface area contributed by atoms with Gasteiger partial charge in [-0.2, -0.15) is 0 Å². The molecular formula is C49H88O14. The smallest absolute Gasteiger partial charge is 0.306 e. The minimum Gasteiger partial charge on any atom is -0.457 e. The van der Waals surface area contributed by atoms with Gasteiger partial charge in [-0.05, 0) is 44.9 Å². The Morgan fingerprint density at radius 2 is 1.03 bits per heavy atom. The Bertz CT molecular complexity index is 1180. The highest BCUT2D eigenvalue weighted by Gasteiger charge is 2.47. The monoisotopic (exact) mass is 901 g/mol. The molecule has 0 spiro atoms. The van der Waals surface area contributed by atoms with Crippen LogP contribution >= 0.6 is 0 Å². The van der Waals surface area contributed by atoms with Crippen LogP contribution in [0, 0.1) is 0 Å². The molecule has 11 atom stereocenters. The summed E-state index contributed by atoms with van der Waals surface area (Å²) < 4.78 is 34.2. The van der Waals surface area contributed by atoms with E-state index in [2.05, 4.69) is 50.3 Å². The van der Waals surface area contributed by atoms with Crippen molar-refractivity contribution >= 4 is 5.97 Å². The van der Waals surface area contributed by atoms with Crippen molar-refractivity contribution < 1.29 is 69.0 Å². The molecular weight excluding hydrogens is 813 g/mol. The van der Waals surface area contributed by atoms with Gasteiger partial charge in [0.15, 0.2) is 12.6 Å². The van der Waals surface area contributed by atoms with E-state index in [1.165, 1.54) is 77.0 Å². The molecule has 14 nitrogen and oxygen atoms in total. The van der Waals surface area contributed by atoms with Gasteiger partial charge < -0.3 is 64.2 Å². The lowest BCUT2D eigenvalue weighted by Crippen LogP contribution is -2.61. The molecule has 14 heteroatoms. The number of esters is 1. The highest BCUT2D eigenvalue weighted by molar-refractivity contribution is 5.69. The Balaban J connectivity index is 1.78. The average Bonchev–Trinajstić information content (AvgIpc) is 3.28. The standard InChI is InChI=1S/C49H88O14/c1-3-5-7-9-11-13-15-17-18-19-20-21-22-24-26-28-30-32-41(51)61-38(35-58-33-31-29-27-25-23-16-14-12-10-8-6-4-2)36-59-48-47(57)45(55)43(53)40(63-48)37-60-49-46(56)44(54)42(52)39(34-50)62-49/h5,7,11,13,17-18,38-40,42-50,52-57H,3-4,6,8-10,12,14-16,19-37H2,1-2H3/b7-5-,13-11-,18-17-. The summed E-state index contributed by atoms with van der Waals surface area (Å²) in [5, 5.41) is 72.0. The predicted octanol–water partition coefficient (Wildman–Crippen LogP) is 6.63. The van der Waals surface area contributed by atoms with Gasteiger partial charge in [0.1, 0.15) is 54.9 Å². The highest BCUT2D eigenvalue weighted by Crippen LogP contribution is 2.26. The van der Waals surface area contributed by atoms with Crippen LogP contribution in [0.3, 0.4) is 0 Å². The van der Waals surface area contributed by atoms with Gasteiger partial charge in [-0.15, -0.1) is 0 Å². The molecule has 0 aliphatic carbocycles. The van der Waals surface area contributed by atoms with Crippen LogP contribution in [0.4, 0.5) is 0 Å². The Kier molecular flexibility index (Phi) is 34.0. The lowest BCUT2D eigenvalue weighted by Gasteiger charge is -2.42. The number of hydrogen-bond acceptors (Lipinski definition) is 14. The van der Waals surface area contributed by atoms with Crippen molar-refractivity contribution in [1.29, 1.82) is 0 Å². The summed E-state index contributed by atoms with van der Waals surface area (Å²) in [4.78, 5) is 13.0. The van der Waals surface area contributed by atoms with Gasteiger partial charge in [-0.1, -0.05) is 153 Å². The van der Waals surface area contributed by atoms with Crippen LogP contribution in [0.2, 0.25) is 0 Å². The van der Waals surface area contributed by atoms with Crippen LogP contribution in [-0.2, 0) is 33.2 Å². The molecule has 2 aliphatic rings. The summed E-state index contributed by atoms with van der Waals surface area (Å²) in [5.74, 6) is -0.386. The van der Waals surface area contributed by atoms with Crippen molar-refractivity contribution in [2.24, 2.45) is 0 Å². The number of aliphatic hydroxyl groups is 7. The van der Waals surface area contributed by atoms with E-state index >= 15 is 0 Å². The molecule has 0 amide bonds. The fraction of sp³-hybridized carbons (Fsp3) is 0.857. The molecule has 0 bridgehead atoms. The molecule has 0 aromatic rings. The number of carbonyl (C=O) groups excluding carboxylic acids is 1. The van der Waals surface area contributed by atoms with E-state index in [4.69, 9.17) is 28.4 Å². The van der Waals surface area contributed by atoms with Gasteiger partial charge in [-0.3, -0.25) is 4.79 Å². The van der Waals surface area contributed by atoms with Crippen molar-refractivity contribution in [3.05, 3.63) is 36.5 Å². The van der Waals surface area contributed by atoms with Gasteiger partial charge in [0.05, 0.1) is 26.4 Å². The number of hydrogen-bond donors (Lipinski definition) is 7. The summed E-state index contributed by atoms with van der Waals surface area (Å²) in [6.45, 7) is 3.56. The van der Waals surface area contributed by atoms with Gasteiger partial charge in [0, 0.05) is 13.0 Å². The molecule has 0 aromatic carbocycles. The summed E-state index contributed by atoms with van der Waals surface area (Å²) >= 11 is 0. The maximum absolute atomic E-state index is 13.0. The summed E-state index contributed by atoms with van der Waals surface area (Å²) in [6.07, 6.45) is 23.5. The molecule has 368 valence electrons. The SMILES string of the molecule is CC/C=C\C/C=C\C/C=C\CCCCCCCCCC(=O)OC(COCCCCCCCCCCCCCC)COC1OC(COC2OC(CO)C(O)C(O)C2O)C(O)C(O)C1O. The van der Waals surface area contributed by atoms with E-state index in [-0.39, 0.29) is 25.6 Å². The summed E-state index contributed by atoms with van der Waals surface area (Å²) in [5.41, 5.74) is 0. The Morgan fingerprint density at radius 3 is 1.62 bits per heavy atom. The number of allylic oxidation sites excluding steroid dienone is 6. The van der Waals surface area contributed by atoms with Crippen LogP contribution in [0.25, 0.3) is 0 Å².